The largest absolute Gasteiger partial charge is 0.480 e. The van der Waals surface area contributed by atoms with Crippen molar-refractivity contribution in [2.75, 3.05) is 0 Å². The number of carbonyl (C=O) groups excluding carboxylic acids is 1. The van der Waals surface area contributed by atoms with E-state index < -0.39 is 27.9 Å². The molecule has 0 heterocycles. The fourth-order valence-electron chi connectivity index (χ4n) is 2.40. The molecular weight excluding hydrogens is 368 g/mol. The zero-order valence-electron chi connectivity index (χ0n) is 15.0. The van der Waals surface area contributed by atoms with Crippen LogP contribution in [-0.4, -0.2) is 31.4 Å². The number of aliphatic carboxylic acids is 1. The summed E-state index contributed by atoms with van der Waals surface area (Å²) in [5.74, 6) is -2.10. The lowest BCUT2D eigenvalue weighted by Crippen LogP contribution is -2.44. The fourth-order valence-corrected chi connectivity index (χ4v) is 3.46. The lowest BCUT2D eigenvalue weighted by atomic mass is 10.0. The van der Waals surface area contributed by atoms with Gasteiger partial charge in [0.2, 0.25) is 10.0 Å². The lowest BCUT2D eigenvalue weighted by Gasteiger charge is -2.18. The summed E-state index contributed by atoms with van der Waals surface area (Å²) in [5, 5.41) is 11.6. The Kier molecular flexibility index (Phi) is 6.70. The molecule has 144 valence electrons. The van der Waals surface area contributed by atoms with Crippen LogP contribution in [0, 0.1) is 5.92 Å². The molecule has 1 unspecified atom stereocenters. The van der Waals surface area contributed by atoms with E-state index in [1.165, 1.54) is 24.3 Å². The normalized spacial score (nSPS) is 12.6. The van der Waals surface area contributed by atoms with E-state index in [4.69, 9.17) is 0 Å². The van der Waals surface area contributed by atoms with Crippen LogP contribution in [0.3, 0.4) is 0 Å². The molecule has 0 bridgehead atoms. The number of carboxylic acids is 1. The Morgan fingerprint density at radius 3 is 2.30 bits per heavy atom. The van der Waals surface area contributed by atoms with Gasteiger partial charge in [-0.2, -0.15) is 0 Å². The zero-order chi connectivity index (χ0) is 20.0. The molecule has 27 heavy (non-hydrogen) atoms. The maximum absolute atomic E-state index is 12.5. The molecule has 1 atom stereocenters. The molecule has 0 fully saturated rings. The van der Waals surface area contributed by atoms with Crippen LogP contribution in [-0.2, 0) is 21.4 Å². The summed E-state index contributed by atoms with van der Waals surface area (Å²) in [6.45, 7) is 3.47. The van der Waals surface area contributed by atoms with Crippen LogP contribution < -0.4 is 10.0 Å². The lowest BCUT2D eigenvalue weighted by molar-refractivity contribution is -0.140. The smallest absolute Gasteiger partial charge is 0.326 e. The monoisotopic (exact) mass is 390 g/mol. The van der Waals surface area contributed by atoms with Crippen LogP contribution in [0.2, 0.25) is 0 Å². The molecular formula is C19H22N2O5S. The number of carbonyl (C=O) groups is 2. The second-order valence-electron chi connectivity index (χ2n) is 6.37. The van der Waals surface area contributed by atoms with Crippen LogP contribution in [0.15, 0.2) is 59.5 Å². The van der Waals surface area contributed by atoms with Crippen LogP contribution in [0.1, 0.15) is 29.8 Å². The van der Waals surface area contributed by atoms with E-state index in [9.17, 15) is 23.1 Å². The average Bonchev–Trinajstić information content (AvgIpc) is 2.64. The minimum absolute atomic E-state index is 0.0671. The predicted molar refractivity (Wildman–Crippen MR) is 101 cm³/mol. The average molecular weight is 390 g/mol. The summed E-state index contributed by atoms with van der Waals surface area (Å²) in [5.41, 5.74) is 0.876. The number of carboxylic acid groups (broad SMARTS) is 1. The van der Waals surface area contributed by atoms with Crippen LogP contribution in [0.25, 0.3) is 0 Å². The Hall–Kier alpha value is -2.71. The minimum atomic E-state index is -3.82. The molecule has 7 nitrogen and oxygen atoms in total. The van der Waals surface area contributed by atoms with Crippen molar-refractivity contribution in [2.45, 2.75) is 31.3 Å². The first-order valence-electron chi connectivity index (χ1n) is 8.38. The van der Waals surface area contributed by atoms with E-state index in [-0.39, 0.29) is 22.9 Å². The van der Waals surface area contributed by atoms with Gasteiger partial charge < -0.3 is 10.4 Å². The fraction of sp³-hybridized carbons (Fsp3) is 0.263. The van der Waals surface area contributed by atoms with Gasteiger partial charge in [0.25, 0.3) is 5.91 Å². The Bertz CT molecular complexity index is 911. The maximum atomic E-state index is 12.5. The van der Waals surface area contributed by atoms with Gasteiger partial charge in [-0.25, -0.2) is 17.9 Å². The number of amides is 1. The first-order chi connectivity index (χ1) is 12.7. The molecule has 0 saturated carbocycles. The number of sulfonamides is 1. The van der Waals surface area contributed by atoms with E-state index in [1.54, 1.807) is 26.0 Å². The Labute approximate surface area is 158 Å². The number of hydrogen-bond donors (Lipinski definition) is 3. The van der Waals surface area contributed by atoms with Crippen LogP contribution in [0.4, 0.5) is 0 Å². The van der Waals surface area contributed by atoms with Gasteiger partial charge in [0.15, 0.2) is 0 Å². The third-order valence-corrected chi connectivity index (χ3v) is 5.33. The summed E-state index contributed by atoms with van der Waals surface area (Å²) in [7, 11) is -3.82. The molecule has 8 heteroatoms. The highest BCUT2D eigenvalue weighted by atomic mass is 32.2. The van der Waals surface area contributed by atoms with Gasteiger partial charge in [0, 0.05) is 12.1 Å². The molecule has 3 N–H and O–H groups in total. The molecule has 0 aliphatic carbocycles. The molecule has 1 amide bonds. The summed E-state index contributed by atoms with van der Waals surface area (Å²) in [4.78, 5) is 23.5. The van der Waals surface area contributed by atoms with Crippen molar-refractivity contribution in [3.05, 3.63) is 65.7 Å². The Morgan fingerprint density at radius 2 is 1.70 bits per heavy atom. The minimum Gasteiger partial charge on any atom is -0.480 e. The van der Waals surface area contributed by atoms with Gasteiger partial charge in [-0.3, -0.25) is 4.79 Å². The molecule has 0 aliphatic heterocycles. The van der Waals surface area contributed by atoms with E-state index >= 15 is 0 Å². The van der Waals surface area contributed by atoms with Gasteiger partial charge in [-0.05, 0) is 29.7 Å². The number of nitrogens with one attached hydrogen (secondary N) is 2. The van der Waals surface area contributed by atoms with Gasteiger partial charge in [0.05, 0.1) is 4.90 Å². The maximum Gasteiger partial charge on any atom is 0.326 e. The van der Waals surface area contributed by atoms with Crippen molar-refractivity contribution < 1.29 is 23.1 Å². The molecule has 2 aromatic rings. The Balaban J connectivity index is 2.15. The Morgan fingerprint density at radius 1 is 1.04 bits per heavy atom. The number of benzene rings is 2. The molecule has 2 aromatic carbocycles. The highest BCUT2D eigenvalue weighted by molar-refractivity contribution is 7.89. The second-order valence-corrected chi connectivity index (χ2v) is 8.14. The van der Waals surface area contributed by atoms with Crippen molar-refractivity contribution in [3.63, 3.8) is 0 Å². The first-order valence-corrected chi connectivity index (χ1v) is 9.86. The molecule has 0 radical (unpaired) electrons. The highest BCUT2D eigenvalue weighted by Crippen LogP contribution is 2.13. The van der Waals surface area contributed by atoms with E-state index in [2.05, 4.69) is 10.0 Å². The molecule has 0 saturated heterocycles. The topological polar surface area (TPSA) is 113 Å². The van der Waals surface area contributed by atoms with Gasteiger partial charge in [-0.15, -0.1) is 0 Å². The summed E-state index contributed by atoms with van der Waals surface area (Å²) < 4.78 is 27.4. The van der Waals surface area contributed by atoms with Gasteiger partial charge in [0.1, 0.15) is 6.04 Å². The third kappa shape index (κ3) is 5.63. The standard InChI is InChI=1S/C19H22N2O5S/c1-13(2)17(19(23)24)21-18(22)15-9-6-10-16(11-15)27(25,26)20-12-14-7-4-3-5-8-14/h3-11,13,17,20H,12H2,1-2H3,(H,21,22)(H,23,24). The quantitative estimate of drug-likeness (QED) is 0.638. The van der Waals surface area contributed by atoms with Crippen molar-refractivity contribution in [2.24, 2.45) is 5.92 Å². The summed E-state index contributed by atoms with van der Waals surface area (Å²) in [6, 6.07) is 13.5. The van der Waals surface area contributed by atoms with Crippen molar-refractivity contribution in [3.8, 4) is 0 Å². The summed E-state index contributed by atoms with van der Waals surface area (Å²) in [6.07, 6.45) is 0. The summed E-state index contributed by atoms with van der Waals surface area (Å²) >= 11 is 0. The number of hydrogen-bond acceptors (Lipinski definition) is 4. The van der Waals surface area contributed by atoms with Gasteiger partial charge in [-0.1, -0.05) is 50.2 Å². The van der Waals surface area contributed by atoms with Crippen molar-refractivity contribution >= 4 is 21.9 Å². The highest BCUT2D eigenvalue weighted by Gasteiger charge is 2.24. The molecule has 0 aliphatic rings. The molecule has 2 rings (SSSR count). The van der Waals surface area contributed by atoms with Crippen molar-refractivity contribution in [1.82, 2.24) is 10.0 Å². The van der Waals surface area contributed by atoms with E-state index in [0.717, 1.165) is 5.56 Å². The van der Waals surface area contributed by atoms with Crippen LogP contribution in [0.5, 0.6) is 0 Å². The second kappa shape index (κ2) is 8.79. The zero-order valence-corrected chi connectivity index (χ0v) is 15.9. The third-order valence-electron chi connectivity index (χ3n) is 3.93. The van der Waals surface area contributed by atoms with Crippen LogP contribution >= 0.6 is 0 Å². The molecule has 0 aromatic heterocycles. The van der Waals surface area contributed by atoms with Gasteiger partial charge >= 0.3 is 5.97 Å². The number of rotatable bonds is 8. The first kappa shape index (κ1) is 20.6. The van der Waals surface area contributed by atoms with E-state index in [1.807, 2.05) is 18.2 Å². The van der Waals surface area contributed by atoms with E-state index in [0.29, 0.717) is 0 Å². The SMILES string of the molecule is CC(C)C(NC(=O)c1cccc(S(=O)(=O)NCc2ccccc2)c1)C(=O)O. The van der Waals surface area contributed by atoms with Crippen molar-refractivity contribution in [1.29, 1.82) is 0 Å². The predicted octanol–water partition coefficient (Wildman–Crippen LogP) is 2.00. The molecule has 0 spiro atoms.